The molecule has 1 fully saturated rings. The number of rotatable bonds is 20. The van der Waals surface area contributed by atoms with Gasteiger partial charge in [-0.05, 0) is 53.5 Å². The maximum Gasteiger partial charge on any atom is 0.248 e. The molecule has 2 aromatic carbocycles. The van der Waals surface area contributed by atoms with Crippen molar-refractivity contribution in [1.82, 2.24) is 25.0 Å². The van der Waals surface area contributed by atoms with Gasteiger partial charge in [0.05, 0.1) is 12.0 Å². The number of nitrogens with two attached hydrogens (primary N) is 1. The summed E-state index contributed by atoms with van der Waals surface area (Å²) in [7, 11) is 0. The van der Waals surface area contributed by atoms with Crippen LogP contribution in [-0.2, 0) is 30.5 Å². The van der Waals surface area contributed by atoms with E-state index in [1.807, 2.05) is 69.5 Å². The molecule has 58 heavy (non-hydrogen) atoms. The Labute approximate surface area is 339 Å². The van der Waals surface area contributed by atoms with Crippen LogP contribution in [-0.4, -0.2) is 87.8 Å². The van der Waals surface area contributed by atoms with Crippen molar-refractivity contribution in [3.05, 3.63) is 96.3 Å². The van der Waals surface area contributed by atoms with Crippen molar-refractivity contribution in [3.8, 4) is 11.1 Å². The number of carbonyl (C=O) groups is 5. The van der Waals surface area contributed by atoms with Crippen LogP contribution >= 0.6 is 0 Å². The van der Waals surface area contributed by atoms with Crippen LogP contribution < -0.4 is 16.4 Å². The number of aliphatic hydroxyl groups excluding tert-OH is 1. The summed E-state index contributed by atoms with van der Waals surface area (Å²) in [6, 6.07) is 13.3. The molecule has 14 heteroatoms. The quantitative estimate of drug-likeness (QED) is 0.0912. The Morgan fingerprint density at radius 1 is 1.02 bits per heavy atom. The second-order valence-electron chi connectivity index (χ2n) is 16.7. The number of aliphatic hydroxyl groups is 1. The van der Waals surface area contributed by atoms with Crippen LogP contribution in [0.25, 0.3) is 11.1 Å². The lowest BCUT2D eigenvalue weighted by Crippen LogP contribution is -2.46. The number of amides is 5. The third-order valence-corrected chi connectivity index (χ3v) is 10.6. The molecule has 0 spiro atoms. The summed E-state index contributed by atoms with van der Waals surface area (Å²) in [4.78, 5) is 66.8. The fourth-order valence-corrected chi connectivity index (χ4v) is 7.51. The molecule has 1 aromatic heterocycles. The molecule has 3 aromatic rings. The zero-order valence-electron chi connectivity index (χ0n) is 34.2. The predicted octanol–water partition coefficient (Wildman–Crippen LogP) is 5.10. The lowest BCUT2D eigenvalue weighted by atomic mass is 9.75. The third kappa shape index (κ3) is 11.9. The first-order valence-corrected chi connectivity index (χ1v) is 19.7. The minimum atomic E-state index is -0.773. The Balaban J connectivity index is 1.36. The predicted molar refractivity (Wildman–Crippen MR) is 218 cm³/mol. The number of benzene rings is 2. The van der Waals surface area contributed by atoms with Crippen molar-refractivity contribution in [2.45, 2.75) is 85.4 Å². The van der Waals surface area contributed by atoms with E-state index in [0.717, 1.165) is 23.8 Å². The van der Waals surface area contributed by atoms with E-state index in [9.17, 15) is 33.5 Å². The fourth-order valence-electron chi connectivity index (χ4n) is 7.51. The van der Waals surface area contributed by atoms with Gasteiger partial charge >= 0.3 is 0 Å². The Kier molecular flexibility index (Phi) is 15.7. The molecule has 0 aliphatic carbocycles. The second-order valence-corrected chi connectivity index (χ2v) is 16.7. The summed E-state index contributed by atoms with van der Waals surface area (Å²) in [5, 5.41) is 15.5. The average molecular weight is 805 g/mol. The van der Waals surface area contributed by atoms with Crippen molar-refractivity contribution in [2.24, 2.45) is 22.5 Å². The van der Waals surface area contributed by atoms with E-state index in [0.29, 0.717) is 24.2 Å². The zero-order valence-corrected chi connectivity index (χ0v) is 34.2. The molecule has 0 saturated carbocycles. The summed E-state index contributed by atoms with van der Waals surface area (Å²) < 4.78 is 31.3. The number of allylic oxidation sites excluding steroid dienone is 1. The van der Waals surface area contributed by atoms with Gasteiger partial charge in [-0.25, -0.2) is 8.78 Å². The number of imide groups is 1. The summed E-state index contributed by atoms with van der Waals surface area (Å²) in [6.07, 6.45) is 4.17. The number of carbonyl (C=O) groups excluding carboxylic acids is 5. The topological polar surface area (TPSA) is 167 Å². The van der Waals surface area contributed by atoms with Gasteiger partial charge in [0.25, 0.3) is 0 Å². The zero-order chi connectivity index (χ0) is 42.8. The molecule has 1 aliphatic heterocycles. The highest BCUT2D eigenvalue weighted by molar-refractivity contribution is 6.04. The first-order chi connectivity index (χ1) is 27.4. The van der Waals surface area contributed by atoms with Crippen molar-refractivity contribution in [3.63, 3.8) is 0 Å². The van der Waals surface area contributed by atoms with Gasteiger partial charge in [-0.3, -0.25) is 28.9 Å². The molecule has 1 saturated heterocycles. The largest absolute Gasteiger partial charge is 0.387 e. The smallest absolute Gasteiger partial charge is 0.248 e. The maximum absolute atomic E-state index is 15.1. The van der Waals surface area contributed by atoms with Crippen molar-refractivity contribution >= 4 is 29.5 Å². The Morgan fingerprint density at radius 3 is 2.33 bits per heavy atom. The molecular weight excluding hydrogens is 747 g/mol. The van der Waals surface area contributed by atoms with Gasteiger partial charge in [0.2, 0.25) is 29.5 Å². The first-order valence-electron chi connectivity index (χ1n) is 19.7. The molecule has 314 valence electrons. The number of hydrogen-bond donors (Lipinski definition) is 4. The Morgan fingerprint density at radius 2 is 1.69 bits per heavy atom. The maximum atomic E-state index is 15.1. The minimum Gasteiger partial charge on any atom is -0.387 e. The number of halogens is 2. The molecule has 1 unspecified atom stereocenters. The highest BCUT2D eigenvalue weighted by Gasteiger charge is 2.45. The number of nitrogens with one attached hydrogen (secondary N) is 2. The number of hydrogen-bond acceptors (Lipinski definition) is 7. The van der Waals surface area contributed by atoms with Gasteiger partial charge in [-0.2, -0.15) is 0 Å². The van der Waals surface area contributed by atoms with Crippen LogP contribution in [0.3, 0.4) is 0 Å². The van der Waals surface area contributed by atoms with E-state index in [2.05, 4.69) is 17.2 Å². The van der Waals surface area contributed by atoms with Gasteiger partial charge in [0.1, 0.15) is 18.2 Å². The van der Waals surface area contributed by atoms with Gasteiger partial charge in [0, 0.05) is 81.0 Å². The van der Waals surface area contributed by atoms with Gasteiger partial charge in [-0.1, -0.05) is 71.0 Å². The van der Waals surface area contributed by atoms with Crippen LogP contribution in [0.1, 0.15) is 84.0 Å². The summed E-state index contributed by atoms with van der Waals surface area (Å²) in [6.45, 7) is 13.3. The Bertz CT molecular complexity index is 1940. The highest BCUT2D eigenvalue weighted by atomic mass is 19.1. The molecule has 5 amide bonds. The van der Waals surface area contributed by atoms with Crippen LogP contribution in [0, 0.1) is 28.4 Å². The van der Waals surface area contributed by atoms with Gasteiger partial charge in [-0.15, -0.1) is 6.58 Å². The normalized spacial score (nSPS) is 15.6. The van der Waals surface area contributed by atoms with E-state index in [1.165, 1.54) is 4.90 Å². The van der Waals surface area contributed by atoms with Crippen molar-refractivity contribution < 1.29 is 37.9 Å². The van der Waals surface area contributed by atoms with Gasteiger partial charge < -0.3 is 30.9 Å². The molecule has 2 heterocycles. The number of likely N-dealkylation sites (tertiary alicyclic amines) is 1. The Hall–Kier alpha value is -5.21. The molecule has 4 rings (SSSR count). The van der Waals surface area contributed by atoms with E-state index in [-0.39, 0.29) is 69.2 Å². The molecule has 0 bridgehead atoms. The van der Waals surface area contributed by atoms with E-state index in [1.54, 1.807) is 23.2 Å². The van der Waals surface area contributed by atoms with Crippen molar-refractivity contribution in [2.75, 3.05) is 32.8 Å². The van der Waals surface area contributed by atoms with Crippen LogP contribution in [0.5, 0.6) is 0 Å². The molecule has 3 atom stereocenters. The monoisotopic (exact) mass is 804 g/mol. The SMILES string of the molecule is C=CCC(C)(C)C1CC(=O)N(CCNC(=O)CCC(=O)NC[C@@H](N)CCN(C(=O)CO)[C@@H](c2cc(-c3cc(F)ccc3F)cn2Cc2ccccc2)C(C)(C)C)C1=O. The van der Waals surface area contributed by atoms with Gasteiger partial charge in [0.15, 0.2) is 0 Å². The summed E-state index contributed by atoms with van der Waals surface area (Å²) in [5.41, 5.74) is 7.48. The standard InChI is InChI=1S/C44H58F2N6O6/c1-7-18-44(5,6)34-24-39(56)52(42(34)58)21-19-48-37(54)15-16-38(55)49-25-32(47)17-20-51(40(57)28-53)41(43(2,3)4)36-22-30(33-23-31(45)13-14-35(33)46)27-50(36)26-29-11-9-8-10-12-29/h7-14,22-23,27,32,34,41,53H,1,15-21,24-26,28,47H2,2-6H3,(H,48,54)(H,49,55)/t32-,34?,41-/m0/s1. The van der Waals surface area contributed by atoms with E-state index >= 15 is 4.39 Å². The summed E-state index contributed by atoms with van der Waals surface area (Å²) in [5.74, 6) is -3.55. The molecule has 12 nitrogen and oxygen atoms in total. The fraction of sp³-hybridized carbons (Fsp3) is 0.477. The highest BCUT2D eigenvalue weighted by Crippen LogP contribution is 2.42. The van der Waals surface area contributed by atoms with Crippen LogP contribution in [0.15, 0.2) is 73.4 Å². The molecule has 5 N–H and O–H groups in total. The van der Waals surface area contributed by atoms with E-state index < -0.39 is 64.8 Å². The van der Waals surface area contributed by atoms with E-state index in [4.69, 9.17) is 5.73 Å². The summed E-state index contributed by atoms with van der Waals surface area (Å²) >= 11 is 0. The second kappa shape index (κ2) is 20.0. The first kappa shape index (κ1) is 45.5. The van der Waals surface area contributed by atoms with Crippen LogP contribution in [0.2, 0.25) is 0 Å². The third-order valence-electron chi connectivity index (χ3n) is 10.6. The number of nitrogens with zero attached hydrogens (tertiary/aromatic N) is 3. The van der Waals surface area contributed by atoms with Crippen LogP contribution in [0.4, 0.5) is 8.78 Å². The molecular formula is C44H58F2N6O6. The molecule has 1 aliphatic rings. The van der Waals surface area contributed by atoms with Crippen molar-refractivity contribution in [1.29, 1.82) is 0 Å². The average Bonchev–Trinajstić information content (AvgIpc) is 3.70. The molecule has 0 radical (unpaired) electrons. The lowest BCUT2D eigenvalue weighted by Gasteiger charge is -2.41. The lowest BCUT2D eigenvalue weighted by molar-refractivity contribution is -0.141. The number of aromatic nitrogens is 1. The minimum absolute atomic E-state index is 0.0442.